The zero-order valence-electron chi connectivity index (χ0n) is 11.2. The van der Waals surface area contributed by atoms with Gasteiger partial charge >= 0.3 is 5.97 Å². The number of rotatable bonds is 5. The lowest BCUT2D eigenvalue weighted by atomic mass is 9.89. The van der Waals surface area contributed by atoms with E-state index in [4.69, 9.17) is 10.6 Å². The second-order valence-corrected chi connectivity index (χ2v) is 4.69. The van der Waals surface area contributed by atoms with E-state index >= 15 is 0 Å². The molecule has 0 aliphatic heterocycles. The predicted octanol–water partition coefficient (Wildman–Crippen LogP) is 1.58. The van der Waals surface area contributed by atoms with Crippen LogP contribution >= 0.6 is 0 Å². The summed E-state index contributed by atoms with van der Waals surface area (Å²) in [6.45, 7) is 5.58. The first-order chi connectivity index (χ1) is 8.36. The fourth-order valence-electron chi connectivity index (χ4n) is 1.77. The Labute approximate surface area is 107 Å². The lowest BCUT2D eigenvalue weighted by molar-refractivity contribution is -0.144. The number of methoxy groups -OCH3 is 1. The van der Waals surface area contributed by atoms with Crippen molar-refractivity contribution in [3.8, 4) is 5.75 Å². The minimum Gasteiger partial charge on any atom is -0.496 e. The van der Waals surface area contributed by atoms with Gasteiger partial charge in [-0.3, -0.25) is 5.84 Å². The summed E-state index contributed by atoms with van der Waals surface area (Å²) in [5.74, 6) is 5.33. The van der Waals surface area contributed by atoms with E-state index in [1.54, 1.807) is 19.2 Å². The van der Waals surface area contributed by atoms with E-state index in [0.717, 1.165) is 11.3 Å². The van der Waals surface area contributed by atoms with Crippen LogP contribution in [0.3, 0.4) is 0 Å². The molecule has 0 aromatic heterocycles. The number of aliphatic carboxylic acids is 1. The quantitative estimate of drug-likeness (QED) is 0.547. The predicted molar refractivity (Wildman–Crippen MR) is 69.4 cm³/mol. The van der Waals surface area contributed by atoms with Gasteiger partial charge in [-0.25, -0.2) is 10.2 Å². The molecule has 0 saturated carbocycles. The fourth-order valence-corrected chi connectivity index (χ4v) is 1.77. The van der Waals surface area contributed by atoms with E-state index in [9.17, 15) is 9.90 Å². The van der Waals surface area contributed by atoms with Crippen LogP contribution in [-0.2, 0) is 10.3 Å². The van der Waals surface area contributed by atoms with Crippen molar-refractivity contribution in [2.75, 3.05) is 7.11 Å². The van der Waals surface area contributed by atoms with Crippen LogP contribution in [0.2, 0.25) is 0 Å². The summed E-state index contributed by atoms with van der Waals surface area (Å²) in [6.07, 6.45) is 0. The zero-order valence-corrected chi connectivity index (χ0v) is 11.2. The van der Waals surface area contributed by atoms with Gasteiger partial charge in [0.25, 0.3) is 0 Å². The molecule has 18 heavy (non-hydrogen) atoms. The molecule has 1 aromatic rings. The minimum atomic E-state index is -1.31. The van der Waals surface area contributed by atoms with Crippen LogP contribution in [0.15, 0.2) is 18.2 Å². The molecule has 5 nitrogen and oxygen atoms in total. The smallest absolute Gasteiger partial charge is 0.329 e. The summed E-state index contributed by atoms with van der Waals surface area (Å²) >= 11 is 0. The average molecular weight is 252 g/mol. The molecule has 1 aromatic carbocycles. The summed E-state index contributed by atoms with van der Waals surface area (Å²) in [7, 11) is 1.60. The molecule has 1 unspecified atom stereocenters. The minimum absolute atomic E-state index is 0.232. The van der Waals surface area contributed by atoms with Crippen LogP contribution in [-0.4, -0.2) is 18.2 Å². The molecule has 0 amide bonds. The molecule has 5 heteroatoms. The van der Waals surface area contributed by atoms with E-state index in [1.807, 2.05) is 19.9 Å². The Balaban J connectivity index is 3.35. The molecular formula is C13H20N2O3. The van der Waals surface area contributed by atoms with Crippen molar-refractivity contribution in [3.05, 3.63) is 29.3 Å². The van der Waals surface area contributed by atoms with Crippen LogP contribution in [0.5, 0.6) is 5.75 Å². The third kappa shape index (κ3) is 2.47. The maximum absolute atomic E-state index is 11.3. The van der Waals surface area contributed by atoms with E-state index in [-0.39, 0.29) is 5.92 Å². The molecule has 0 radical (unpaired) electrons. The number of hydrogen-bond acceptors (Lipinski definition) is 4. The maximum atomic E-state index is 11.3. The highest BCUT2D eigenvalue weighted by atomic mass is 16.5. The first-order valence-electron chi connectivity index (χ1n) is 5.76. The van der Waals surface area contributed by atoms with Gasteiger partial charge in [0.05, 0.1) is 7.11 Å². The largest absolute Gasteiger partial charge is 0.496 e. The third-order valence-corrected chi connectivity index (χ3v) is 3.15. The van der Waals surface area contributed by atoms with Gasteiger partial charge in [0.2, 0.25) is 0 Å². The van der Waals surface area contributed by atoms with Crippen molar-refractivity contribution in [1.29, 1.82) is 0 Å². The number of ether oxygens (including phenoxy) is 1. The number of carboxylic acid groups (broad SMARTS) is 1. The monoisotopic (exact) mass is 252 g/mol. The van der Waals surface area contributed by atoms with Crippen molar-refractivity contribution < 1.29 is 14.6 Å². The van der Waals surface area contributed by atoms with Crippen LogP contribution in [0.1, 0.15) is 37.8 Å². The summed E-state index contributed by atoms with van der Waals surface area (Å²) < 4.78 is 5.27. The lowest BCUT2D eigenvalue weighted by Crippen LogP contribution is -2.50. The van der Waals surface area contributed by atoms with E-state index in [0.29, 0.717) is 5.56 Å². The second-order valence-electron chi connectivity index (χ2n) is 4.69. The Morgan fingerprint density at radius 1 is 1.50 bits per heavy atom. The molecule has 100 valence electrons. The maximum Gasteiger partial charge on any atom is 0.329 e. The Kier molecular flexibility index (Phi) is 4.32. The van der Waals surface area contributed by atoms with Gasteiger partial charge in [0.15, 0.2) is 5.54 Å². The van der Waals surface area contributed by atoms with Gasteiger partial charge in [-0.15, -0.1) is 0 Å². The van der Waals surface area contributed by atoms with Gasteiger partial charge in [-0.05, 0) is 36.1 Å². The van der Waals surface area contributed by atoms with Gasteiger partial charge in [-0.1, -0.05) is 19.9 Å². The lowest BCUT2D eigenvalue weighted by Gasteiger charge is -2.26. The third-order valence-electron chi connectivity index (χ3n) is 3.15. The van der Waals surface area contributed by atoms with Crippen LogP contribution < -0.4 is 16.0 Å². The van der Waals surface area contributed by atoms with Crippen molar-refractivity contribution in [1.82, 2.24) is 5.43 Å². The number of hydrogen-bond donors (Lipinski definition) is 3. The Bertz CT molecular complexity index is 446. The Hall–Kier alpha value is -1.59. The number of carbonyl (C=O) groups is 1. The first-order valence-corrected chi connectivity index (χ1v) is 5.76. The van der Waals surface area contributed by atoms with Crippen LogP contribution in [0.25, 0.3) is 0 Å². The number of hydrazine groups is 1. The Morgan fingerprint density at radius 2 is 2.11 bits per heavy atom. The summed E-state index contributed by atoms with van der Waals surface area (Å²) in [5.41, 5.74) is 2.60. The highest BCUT2D eigenvalue weighted by molar-refractivity contribution is 5.80. The van der Waals surface area contributed by atoms with Crippen molar-refractivity contribution in [2.24, 2.45) is 5.84 Å². The van der Waals surface area contributed by atoms with Crippen LogP contribution in [0, 0.1) is 0 Å². The zero-order chi connectivity index (χ0) is 13.9. The molecule has 0 bridgehead atoms. The molecule has 0 spiro atoms. The molecule has 0 heterocycles. The molecule has 0 saturated heterocycles. The van der Waals surface area contributed by atoms with E-state index < -0.39 is 11.5 Å². The van der Waals surface area contributed by atoms with Crippen molar-refractivity contribution in [2.45, 2.75) is 32.2 Å². The summed E-state index contributed by atoms with van der Waals surface area (Å²) in [6, 6.07) is 5.29. The van der Waals surface area contributed by atoms with Crippen LogP contribution in [0.4, 0.5) is 0 Å². The van der Waals surface area contributed by atoms with Gasteiger partial charge in [0, 0.05) is 0 Å². The second kappa shape index (κ2) is 5.37. The molecule has 1 atom stereocenters. The van der Waals surface area contributed by atoms with Crippen molar-refractivity contribution in [3.63, 3.8) is 0 Å². The fraction of sp³-hybridized carbons (Fsp3) is 0.462. The SMILES string of the molecule is COc1ccc(C(C)(NN)C(=O)O)cc1C(C)C. The number of nitrogens with one attached hydrogen (secondary N) is 1. The average Bonchev–Trinajstić information content (AvgIpc) is 2.36. The van der Waals surface area contributed by atoms with Gasteiger partial charge in [-0.2, -0.15) is 0 Å². The molecule has 0 aliphatic rings. The molecule has 0 fully saturated rings. The molecule has 0 aliphatic carbocycles. The van der Waals surface area contributed by atoms with E-state index in [2.05, 4.69) is 5.43 Å². The topological polar surface area (TPSA) is 84.6 Å². The molecule has 4 N–H and O–H groups in total. The van der Waals surface area contributed by atoms with E-state index in [1.165, 1.54) is 6.92 Å². The highest BCUT2D eigenvalue weighted by Crippen LogP contribution is 2.31. The van der Waals surface area contributed by atoms with Crippen molar-refractivity contribution >= 4 is 5.97 Å². The Morgan fingerprint density at radius 3 is 2.50 bits per heavy atom. The molecule has 1 rings (SSSR count). The normalized spacial score (nSPS) is 14.3. The number of nitrogens with two attached hydrogens (primary N) is 1. The number of carboxylic acids is 1. The highest BCUT2D eigenvalue weighted by Gasteiger charge is 2.34. The summed E-state index contributed by atoms with van der Waals surface area (Å²) in [5, 5.41) is 9.27. The van der Waals surface area contributed by atoms with Gasteiger partial charge in [0.1, 0.15) is 5.75 Å². The standard InChI is InChI=1S/C13H20N2O3/c1-8(2)10-7-9(5-6-11(10)18-4)13(3,15-14)12(16)17/h5-8,15H,14H2,1-4H3,(H,16,17). The summed E-state index contributed by atoms with van der Waals surface area (Å²) in [4.78, 5) is 11.3. The molecular weight excluding hydrogens is 232 g/mol. The van der Waals surface area contributed by atoms with Gasteiger partial charge < -0.3 is 9.84 Å². The number of benzene rings is 1. The first kappa shape index (κ1) is 14.5.